The van der Waals surface area contributed by atoms with E-state index in [9.17, 15) is 4.79 Å². The largest absolute Gasteiger partial charge is 0.361 e. The second-order valence-electron chi connectivity index (χ2n) is 3.76. The molecule has 6 heteroatoms. The van der Waals surface area contributed by atoms with Gasteiger partial charge in [-0.3, -0.25) is 4.79 Å². The monoisotopic (exact) mass is 261 g/mol. The third kappa shape index (κ3) is 5.19. The van der Waals surface area contributed by atoms with Gasteiger partial charge in [-0.05, 0) is 27.3 Å². The van der Waals surface area contributed by atoms with Crippen LogP contribution in [-0.2, 0) is 11.2 Å². The number of rotatable bonds is 6. The summed E-state index contributed by atoms with van der Waals surface area (Å²) < 4.78 is 5.05. The molecule has 0 saturated carbocycles. The van der Waals surface area contributed by atoms with E-state index in [0.29, 0.717) is 19.5 Å². The Morgan fingerprint density at radius 2 is 2.06 bits per heavy atom. The van der Waals surface area contributed by atoms with Crippen molar-refractivity contribution in [3.63, 3.8) is 0 Å². The number of aryl methyl sites for hydroxylation is 2. The van der Waals surface area contributed by atoms with Gasteiger partial charge in [0, 0.05) is 25.1 Å². The number of aromatic nitrogens is 1. The van der Waals surface area contributed by atoms with Crippen LogP contribution in [0.15, 0.2) is 4.52 Å². The van der Waals surface area contributed by atoms with Gasteiger partial charge in [0.05, 0.1) is 5.69 Å². The summed E-state index contributed by atoms with van der Waals surface area (Å²) in [6.45, 7) is 5.13. The van der Waals surface area contributed by atoms with E-state index in [0.717, 1.165) is 23.4 Å². The maximum Gasteiger partial charge on any atom is 0.221 e. The maximum absolute atomic E-state index is 11.3. The number of hydrogen-bond donors (Lipinski definition) is 2. The molecule has 0 aliphatic rings. The molecule has 0 aromatic carbocycles. The van der Waals surface area contributed by atoms with Gasteiger partial charge in [0.1, 0.15) is 5.76 Å². The Hall–Kier alpha value is -1.07. The predicted octanol–water partition coefficient (Wildman–Crippen LogP) is 0.981. The minimum absolute atomic E-state index is 0. The quantitative estimate of drug-likeness (QED) is 0.801. The van der Waals surface area contributed by atoms with Crippen molar-refractivity contribution >= 4 is 18.3 Å². The van der Waals surface area contributed by atoms with Crippen molar-refractivity contribution in [3.05, 3.63) is 17.0 Å². The summed E-state index contributed by atoms with van der Waals surface area (Å²) in [6, 6.07) is 0. The molecular formula is C11H20ClN3O2. The molecule has 1 amide bonds. The van der Waals surface area contributed by atoms with Crippen molar-refractivity contribution in [3.8, 4) is 0 Å². The number of nitrogens with zero attached hydrogens (tertiary/aromatic N) is 1. The minimum atomic E-state index is 0. The van der Waals surface area contributed by atoms with Gasteiger partial charge >= 0.3 is 0 Å². The summed E-state index contributed by atoms with van der Waals surface area (Å²) in [5.41, 5.74) is 2.00. The molecule has 98 valence electrons. The average molecular weight is 262 g/mol. The first-order valence-corrected chi connectivity index (χ1v) is 5.48. The highest BCUT2D eigenvalue weighted by molar-refractivity contribution is 5.85. The molecule has 1 heterocycles. The number of carbonyl (C=O) groups is 1. The van der Waals surface area contributed by atoms with E-state index in [-0.39, 0.29) is 18.3 Å². The van der Waals surface area contributed by atoms with Crippen LogP contribution >= 0.6 is 12.4 Å². The first-order valence-electron chi connectivity index (χ1n) is 5.48. The highest BCUT2D eigenvalue weighted by atomic mass is 35.5. The molecule has 17 heavy (non-hydrogen) atoms. The number of carbonyl (C=O) groups excluding carboxylic acids is 1. The summed E-state index contributed by atoms with van der Waals surface area (Å²) in [6.07, 6.45) is 1.28. The molecule has 5 nitrogen and oxygen atoms in total. The molecule has 0 spiro atoms. The SMILES string of the molecule is CNCCC(=O)NCCc1c(C)noc1C.Cl. The van der Waals surface area contributed by atoms with Gasteiger partial charge < -0.3 is 15.2 Å². The van der Waals surface area contributed by atoms with Crippen LogP contribution in [0.3, 0.4) is 0 Å². The third-order valence-corrected chi connectivity index (χ3v) is 2.48. The van der Waals surface area contributed by atoms with E-state index in [1.165, 1.54) is 0 Å². The Morgan fingerprint density at radius 3 is 2.59 bits per heavy atom. The second-order valence-corrected chi connectivity index (χ2v) is 3.76. The number of nitrogens with one attached hydrogen (secondary N) is 2. The van der Waals surface area contributed by atoms with E-state index in [2.05, 4.69) is 15.8 Å². The van der Waals surface area contributed by atoms with Crippen LogP contribution in [0.1, 0.15) is 23.4 Å². The summed E-state index contributed by atoms with van der Waals surface area (Å²) in [5.74, 6) is 0.906. The highest BCUT2D eigenvalue weighted by Crippen LogP contribution is 2.11. The van der Waals surface area contributed by atoms with Crippen molar-refractivity contribution in [2.24, 2.45) is 0 Å². The van der Waals surface area contributed by atoms with Gasteiger partial charge in [0.15, 0.2) is 0 Å². The van der Waals surface area contributed by atoms with Gasteiger partial charge in [-0.15, -0.1) is 12.4 Å². The third-order valence-electron chi connectivity index (χ3n) is 2.48. The van der Waals surface area contributed by atoms with Crippen LogP contribution in [0.4, 0.5) is 0 Å². The van der Waals surface area contributed by atoms with Gasteiger partial charge in [-0.2, -0.15) is 0 Å². The number of halogens is 1. The van der Waals surface area contributed by atoms with Crippen LogP contribution in [0.2, 0.25) is 0 Å². The Bertz CT molecular complexity index is 333. The zero-order valence-corrected chi connectivity index (χ0v) is 11.3. The lowest BCUT2D eigenvalue weighted by Crippen LogP contribution is -2.28. The summed E-state index contributed by atoms with van der Waals surface area (Å²) >= 11 is 0. The fraction of sp³-hybridized carbons (Fsp3) is 0.636. The average Bonchev–Trinajstić information content (AvgIpc) is 2.57. The fourth-order valence-electron chi connectivity index (χ4n) is 1.51. The minimum Gasteiger partial charge on any atom is -0.361 e. The van der Waals surface area contributed by atoms with Crippen LogP contribution in [0.5, 0.6) is 0 Å². The standard InChI is InChI=1S/C11H19N3O2.ClH/c1-8-10(9(2)16-14-8)4-7-13-11(15)5-6-12-3;/h12H,4-7H2,1-3H3,(H,13,15);1H. The van der Waals surface area contributed by atoms with Gasteiger partial charge in [0.25, 0.3) is 0 Å². The topological polar surface area (TPSA) is 67.2 Å². The van der Waals surface area contributed by atoms with Gasteiger partial charge in [-0.25, -0.2) is 0 Å². The molecule has 1 aromatic rings. The maximum atomic E-state index is 11.3. The molecule has 0 unspecified atom stereocenters. The lowest BCUT2D eigenvalue weighted by atomic mass is 10.1. The molecule has 0 aliphatic heterocycles. The van der Waals surface area contributed by atoms with Crippen LogP contribution in [-0.4, -0.2) is 31.2 Å². The molecule has 2 N–H and O–H groups in total. The van der Waals surface area contributed by atoms with E-state index in [1.807, 2.05) is 20.9 Å². The van der Waals surface area contributed by atoms with Crippen molar-refractivity contribution in [2.45, 2.75) is 26.7 Å². The zero-order chi connectivity index (χ0) is 12.0. The van der Waals surface area contributed by atoms with Crippen LogP contribution < -0.4 is 10.6 Å². The van der Waals surface area contributed by atoms with E-state index < -0.39 is 0 Å². The predicted molar refractivity (Wildman–Crippen MR) is 68.5 cm³/mol. The first kappa shape index (κ1) is 15.9. The Morgan fingerprint density at radius 1 is 1.35 bits per heavy atom. The molecule has 0 saturated heterocycles. The molecule has 1 rings (SSSR count). The number of amides is 1. The highest BCUT2D eigenvalue weighted by Gasteiger charge is 2.08. The van der Waals surface area contributed by atoms with Crippen LogP contribution in [0, 0.1) is 13.8 Å². The molecule has 1 aromatic heterocycles. The number of hydrogen-bond acceptors (Lipinski definition) is 4. The zero-order valence-electron chi connectivity index (χ0n) is 10.5. The van der Waals surface area contributed by atoms with Crippen molar-refractivity contribution in [1.82, 2.24) is 15.8 Å². The van der Waals surface area contributed by atoms with Gasteiger partial charge in [-0.1, -0.05) is 5.16 Å². The molecule has 0 fully saturated rings. The first-order chi connectivity index (χ1) is 7.65. The van der Waals surface area contributed by atoms with Crippen molar-refractivity contribution in [1.29, 1.82) is 0 Å². The Kier molecular flexibility index (Phi) is 7.58. The van der Waals surface area contributed by atoms with Crippen molar-refractivity contribution < 1.29 is 9.32 Å². The Balaban J connectivity index is 0.00000256. The van der Waals surface area contributed by atoms with E-state index in [1.54, 1.807) is 0 Å². The molecule has 0 radical (unpaired) electrons. The summed E-state index contributed by atoms with van der Waals surface area (Å²) in [5, 5.41) is 9.66. The fourth-order valence-corrected chi connectivity index (χ4v) is 1.51. The smallest absolute Gasteiger partial charge is 0.221 e. The summed E-state index contributed by atoms with van der Waals surface area (Å²) in [7, 11) is 1.83. The second kappa shape index (κ2) is 8.08. The van der Waals surface area contributed by atoms with E-state index in [4.69, 9.17) is 4.52 Å². The van der Waals surface area contributed by atoms with Crippen LogP contribution in [0.25, 0.3) is 0 Å². The normalized spacial score (nSPS) is 9.82. The molecule has 0 bridgehead atoms. The van der Waals surface area contributed by atoms with E-state index >= 15 is 0 Å². The summed E-state index contributed by atoms with van der Waals surface area (Å²) in [4.78, 5) is 11.3. The van der Waals surface area contributed by atoms with Gasteiger partial charge in [0.2, 0.25) is 5.91 Å². The molecule has 0 aliphatic carbocycles. The Labute approximate surface area is 108 Å². The lowest BCUT2D eigenvalue weighted by molar-refractivity contribution is -0.120. The molecular weight excluding hydrogens is 242 g/mol. The van der Waals surface area contributed by atoms with Crippen molar-refractivity contribution in [2.75, 3.05) is 20.1 Å². The lowest BCUT2D eigenvalue weighted by Gasteiger charge is -2.04. The molecule has 0 atom stereocenters.